The van der Waals surface area contributed by atoms with Crippen LogP contribution in [0.3, 0.4) is 0 Å². The zero-order valence-corrected chi connectivity index (χ0v) is 11.6. The normalized spacial score (nSPS) is 11.9. The fraction of sp³-hybridized carbons (Fsp3) is 0.143. The van der Waals surface area contributed by atoms with Crippen molar-refractivity contribution in [1.82, 2.24) is 0 Å². The third-order valence-corrected chi connectivity index (χ3v) is 3.71. The maximum atomic E-state index is 13.4. The number of benzene rings is 1. The number of carbonyl (C=O) groups is 1. The number of pyridine rings is 1. The summed E-state index contributed by atoms with van der Waals surface area (Å²) in [5, 5.41) is 13.9. The monoisotopic (exact) mass is 292 g/mol. The Balaban J connectivity index is 2.03. The molecule has 0 spiro atoms. The summed E-state index contributed by atoms with van der Waals surface area (Å²) in [6, 6.07) is 10.9. The molecule has 0 saturated heterocycles. The smallest absolute Gasteiger partial charge is 0.252 e. The standard InChI is InChI=1S/C14H13FN2O2S/c1-10(20-13-8-4-5-9-17(13)19)14(18)16-12-7-3-2-6-11(12)15/h2-10H,1H3,(H,16,18)/t10-/m0/s1. The Kier molecular flexibility index (Phi) is 4.57. The van der Waals surface area contributed by atoms with Gasteiger partial charge in [-0.05, 0) is 36.9 Å². The van der Waals surface area contributed by atoms with Gasteiger partial charge in [-0.3, -0.25) is 4.79 Å². The van der Waals surface area contributed by atoms with E-state index in [0.29, 0.717) is 9.76 Å². The van der Waals surface area contributed by atoms with Crippen molar-refractivity contribution in [3.8, 4) is 0 Å². The maximum absolute atomic E-state index is 13.4. The lowest BCUT2D eigenvalue weighted by atomic mass is 10.3. The molecule has 0 aliphatic rings. The SMILES string of the molecule is C[C@H](Sc1cccc[n+]1[O-])C(=O)Nc1ccccc1F. The van der Waals surface area contributed by atoms with Gasteiger partial charge in [-0.2, -0.15) is 4.73 Å². The number of hydrogen-bond acceptors (Lipinski definition) is 3. The first kappa shape index (κ1) is 14.3. The van der Waals surface area contributed by atoms with E-state index in [0.717, 1.165) is 11.8 Å². The number of halogens is 1. The second-order valence-electron chi connectivity index (χ2n) is 4.09. The van der Waals surface area contributed by atoms with Crippen molar-refractivity contribution >= 4 is 23.4 Å². The third kappa shape index (κ3) is 3.48. The summed E-state index contributed by atoms with van der Waals surface area (Å²) in [5.74, 6) is -0.847. The Morgan fingerprint density at radius 3 is 2.70 bits per heavy atom. The van der Waals surface area contributed by atoms with Crippen molar-refractivity contribution in [2.24, 2.45) is 0 Å². The van der Waals surface area contributed by atoms with Crippen molar-refractivity contribution < 1.29 is 13.9 Å². The van der Waals surface area contributed by atoms with E-state index in [1.165, 1.54) is 18.3 Å². The molecule has 0 saturated carbocycles. The summed E-state index contributed by atoms with van der Waals surface area (Å²) < 4.78 is 14.1. The number of carbonyl (C=O) groups excluding carboxylic acids is 1. The Morgan fingerprint density at radius 1 is 1.30 bits per heavy atom. The van der Waals surface area contributed by atoms with Crippen LogP contribution in [-0.2, 0) is 4.79 Å². The highest BCUT2D eigenvalue weighted by atomic mass is 32.2. The Bertz CT molecular complexity index is 622. The third-order valence-electron chi connectivity index (χ3n) is 2.59. The molecule has 2 rings (SSSR count). The van der Waals surface area contributed by atoms with Crippen molar-refractivity contribution in [2.75, 3.05) is 5.32 Å². The molecule has 20 heavy (non-hydrogen) atoms. The van der Waals surface area contributed by atoms with Gasteiger partial charge in [-0.25, -0.2) is 4.39 Å². The summed E-state index contributed by atoms with van der Waals surface area (Å²) in [6.07, 6.45) is 1.36. The Hall–Kier alpha value is -2.08. The first-order valence-corrected chi connectivity index (χ1v) is 6.86. The molecule has 104 valence electrons. The molecule has 0 bridgehead atoms. The van der Waals surface area contributed by atoms with Crippen LogP contribution >= 0.6 is 11.8 Å². The number of thioether (sulfide) groups is 1. The van der Waals surface area contributed by atoms with Crippen LogP contribution in [0.2, 0.25) is 0 Å². The fourth-order valence-electron chi connectivity index (χ4n) is 1.54. The molecular formula is C14H13FN2O2S. The van der Waals surface area contributed by atoms with Crippen molar-refractivity contribution in [3.05, 3.63) is 59.7 Å². The van der Waals surface area contributed by atoms with Crippen LogP contribution in [0.1, 0.15) is 6.92 Å². The molecule has 0 aliphatic carbocycles. The summed E-state index contributed by atoms with van der Waals surface area (Å²) in [4.78, 5) is 12.0. The average molecular weight is 292 g/mol. The van der Waals surface area contributed by atoms with Gasteiger partial charge in [0.2, 0.25) is 5.91 Å². The first-order valence-electron chi connectivity index (χ1n) is 5.98. The van der Waals surface area contributed by atoms with E-state index in [2.05, 4.69) is 5.32 Å². The lowest BCUT2D eigenvalue weighted by Gasteiger charge is -2.11. The average Bonchev–Trinajstić information content (AvgIpc) is 2.43. The molecule has 0 fully saturated rings. The second kappa shape index (κ2) is 6.38. The molecular weight excluding hydrogens is 279 g/mol. The molecule has 0 unspecified atom stereocenters. The first-order chi connectivity index (χ1) is 9.58. The predicted molar refractivity (Wildman–Crippen MR) is 75.8 cm³/mol. The number of anilines is 1. The molecule has 4 nitrogen and oxygen atoms in total. The molecule has 1 N–H and O–H groups in total. The highest BCUT2D eigenvalue weighted by Crippen LogP contribution is 2.21. The van der Waals surface area contributed by atoms with Crippen LogP contribution in [0.4, 0.5) is 10.1 Å². The lowest BCUT2D eigenvalue weighted by molar-refractivity contribution is -0.645. The zero-order chi connectivity index (χ0) is 14.5. The quantitative estimate of drug-likeness (QED) is 0.535. The van der Waals surface area contributed by atoms with Gasteiger partial charge in [0, 0.05) is 12.1 Å². The molecule has 1 aromatic carbocycles. The van der Waals surface area contributed by atoms with Crippen LogP contribution in [0, 0.1) is 11.0 Å². The largest absolute Gasteiger partial charge is 0.618 e. The number of hydrogen-bond donors (Lipinski definition) is 1. The number of rotatable bonds is 4. The summed E-state index contributed by atoms with van der Waals surface area (Å²) in [6.45, 7) is 1.66. The lowest BCUT2D eigenvalue weighted by Crippen LogP contribution is -2.30. The van der Waals surface area contributed by atoms with Crippen LogP contribution in [0.25, 0.3) is 0 Å². The number of para-hydroxylation sites is 1. The van der Waals surface area contributed by atoms with Crippen LogP contribution in [-0.4, -0.2) is 11.2 Å². The van der Waals surface area contributed by atoms with Crippen molar-refractivity contribution in [3.63, 3.8) is 0 Å². The molecule has 1 atom stereocenters. The van der Waals surface area contributed by atoms with E-state index in [1.807, 2.05) is 0 Å². The summed E-state index contributed by atoms with van der Waals surface area (Å²) in [5.41, 5.74) is 0.132. The van der Waals surface area contributed by atoms with Crippen LogP contribution in [0.15, 0.2) is 53.7 Å². The van der Waals surface area contributed by atoms with Gasteiger partial charge >= 0.3 is 0 Å². The van der Waals surface area contributed by atoms with Gasteiger partial charge in [0.05, 0.1) is 10.9 Å². The number of nitrogens with one attached hydrogen (secondary N) is 1. The molecule has 1 heterocycles. The minimum atomic E-state index is -0.516. The summed E-state index contributed by atoms with van der Waals surface area (Å²) >= 11 is 1.12. The Labute approximate surface area is 120 Å². The van der Waals surface area contributed by atoms with Gasteiger partial charge in [0.1, 0.15) is 5.82 Å². The van der Waals surface area contributed by atoms with Crippen LogP contribution in [0.5, 0.6) is 0 Å². The van der Waals surface area contributed by atoms with Crippen molar-refractivity contribution in [2.45, 2.75) is 17.2 Å². The van der Waals surface area contributed by atoms with E-state index < -0.39 is 11.1 Å². The van der Waals surface area contributed by atoms with Gasteiger partial charge in [-0.1, -0.05) is 12.1 Å². The fourth-order valence-corrected chi connectivity index (χ4v) is 2.39. The highest BCUT2D eigenvalue weighted by molar-refractivity contribution is 8.00. The van der Waals surface area contributed by atoms with Gasteiger partial charge < -0.3 is 10.5 Å². The number of aromatic nitrogens is 1. The molecule has 1 amide bonds. The minimum Gasteiger partial charge on any atom is -0.618 e. The topological polar surface area (TPSA) is 56.0 Å². The van der Waals surface area contributed by atoms with E-state index in [4.69, 9.17) is 0 Å². The second-order valence-corrected chi connectivity index (χ2v) is 5.45. The zero-order valence-electron chi connectivity index (χ0n) is 10.7. The minimum absolute atomic E-state index is 0.132. The molecule has 1 aromatic heterocycles. The van der Waals surface area contributed by atoms with E-state index in [1.54, 1.807) is 37.3 Å². The van der Waals surface area contributed by atoms with Gasteiger partial charge in [0.15, 0.2) is 6.20 Å². The maximum Gasteiger partial charge on any atom is 0.252 e. The van der Waals surface area contributed by atoms with Crippen molar-refractivity contribution in [1.29, 1.82) is 0 Å². The summed E-state index contributed by atoms with van der Waals surface area (Å²) in [7, 11) is 0. The van der Waals surface area contributed by atoms with E-state index in [-0.39, 0.29) is 11.6 Å². The number of nitrogens with zero attached hydrogens (tertiary/aromatic N) is 1. The van der Waals surface area contributed by atoms with Crippen LogP contribution < -0.4 is 10.0 Å². The Morgan fingerprint density at radius 2 is 2.00 bits per heavy atom. The van der Waals surface area contributed by atoms with E-state index in [9.17, 15) is 14.4 Å². The van der Waals surface area contributed by atoms with E-state index >= 15 is 0 Å². The van der Waals surface area contributed by atoms with Gasteiger partial charge in [-0.15, -0.1) is 0 Å². The number of amides is 1. The molecule has 0 aliphatic heterocycles. The predicted octanol–water partition coefficient (Wildman–Crippen LogP) is 2.58. The van der Waals surface area contributed by atoms with Gasteiger partial charge in [0.25, 0.3) is 5.03 Å². The molecule has 2 aromatic rings. The molecule has 0 radical (unpaired) electrons. The highest BCUT2D eigenvalue weighted by Gasteiger charge is 2.19. The molecule has 6 heteroatoms.